The molecule has 30 heavy (non-hydrogen) atoms. The number of carbonyl (C=O) groups is 1. The lowest BCUT2D eigenvalue weighted by atomic mass is 9.93. The molecule has 1 saturated carbocycles. The SMILES string of the molecule is CCCNC(=O)N(CCCCCCN1C[C@H](O)[C@@H](O)[C@H](O)[C@H]1CO)C1CCCCC1. The molecule has 176 valence electrons. The largest absolute Gasteiger partial charge is 0.395 e. The van der Waals surface area contributed by atoms with Crippen LogP contribution in [0.15, 0.2) is 0 Å². The average Bonchev–Trinajstić information content (AvgIpc) is 2.76. The first-order valence-electron chi connectivity index (χ1n) is 11.9. The van der Waals surface area contributed by atoms with Gasteiger partial charge < -0.3 is 30.6 Å². The van der Waals surface area contributed by atoms with E-state index in [0.717, 1.165) is 58.0 Å². The van der Waals surface area contributed by atoms with Gasteiger partial charge in [0.15, 0.2) is 0 Å². The van der Waals surface area contributed by atoms with Gasteiger partial charge in [-0.2, -0.15) is 0 Å². The second-order valence-corrected chi connectivity index (χ2v) is 8.92. The number of β-amino-alcohol motifs (C(OH)–C–C–N with tert-alkyl or cyclic N) is 1. The minimum atomic E-state index is -1.21. The van der Waals surface area contributed by atoms with Crippen molar-refractivity contribution in [2.45, 2.75) is 102 Å². The lowest BCUT2D eigenvalue weighted by molar-refractivity contribution is -0.145. The number of nitrogens with zero attached hydrogens (tertiary/aromatic N) is 2. The molecule has 1 saturated heterocycles. The van der Waals surface area contributed by atoms with E-state index >= 15 is 0 Å². The van der Waals surface area contributed by atoms with Crippen LogP contribution in [0.3, 0.4) is 0 Å². The summed E-state index contributed by atoms with van der Waals surface area (Å²) in [7, 11) is 0. The van der Waals surface area contributed by atoms with Crippen LogP contribution in [0.4, 0.5) is 4.79 Å². The number of amides is 2. The normalized spacial score (nSPS) is 28.4. The van der Waals surface area contributed by atoms with Crippen molar-refractivity contribution in [3.63, 3.8) is 0 Å². The van der Waals surface area contributed by atoms with E-state index in [1.165, 1.54) is 19.3 Å². The molecule has 0 aromatic heterocycles. The Kier molecular flexibility index (Phi) is 11.4. The Morgan fingerprint density at radius 2 is 1.73 bits per heavy atom. The molecule has 0 radical (unpaired) electrons. The van der Waals surface area contributed by atoms with Crippen LogP contribution in [0, 0.1) is 0 Å². The van der Waals surface area contributed by atoms with Gasteiger partial charge >= 0.3 is 6.03 Å². The standard InChI is InChI=1S/C22H43N3O5/c1-2-12-23-22(30)25(17-10-6-5-7-11-17)14-9-4-3-8-13-24-15-19(27)21(29)20(28)18(24)16-26/h17-21,26-29H,2-16H2,1H3,(H,23,30)/t18-,19+,20-,21-/m1/s1. The topological polar surface area (TPSA) is 117 Å². The molecule has 1 aliphatic heterocycles. The molecule has 0 spiro atoms. The number of unbranched alkanes of at least 4 members (excludes halogenated alkanes) is 3. The number of rotatable bonds is 11. The van der Waals surface area contributed by atoms with Gasteiger partial charge in [0.2, 0.25) is 0 Å². The van der Waals surface area contributed by atoms with Crippen molar-refractivity contribution in [3.05, 3.63) is 0 Å². The van der Waals surface area contributed by atoms with Crippen LogP contribution in [0.5, 0.6) is 0 Å². The Labute approximate surface area is 181 Å². The maximum atomic E-state index is 12.6. The lowest BCUT2D eigenvalue weighted by Gasteiger charge is -2.43. The van der Waals surface area contributed by atoms with E-state index in [4.69, 9.17) is 0 Å². The number of likely N-dealkylation sites (tertiary alicyclic amines) is 1. The molecule has 4 atom stereocenters. The monoisotopic (exact) mass is 429 g/mol. The third-order valence-electron chi connectivity index (χ3n) is 6.61. The molecule has 8 nitrogen and oxygen atoms in total. The second-order valence-electron chi connectivity index (χ2n) is 8.92. The van der Waals surface area contributed by atoms with Gasteiger partial charge in [-0.25, -0.2) is 4.79 Å². The summed E-state index contributed by atoms with van der Waals surface area (Å²) < 4.78 is 0. The molecule has 1 aliphatic carbocycles. The fourth-order valence-corrected chi connectivity index (χ4v) is 4.76. The van der Waals surface area contributed by atoms with E-state index in [9.17, 15) is 25.2 Å². The fraction of sp³-hybridized carbons (Fsp3) is 0.955. The van der Waals surface area contributed by atoms with Gasteiger partial charge in [0.05, 0.1) is 18.8 Å². The molecule has 2 amide bonds. The Hall–Kier alpha value is -0.930. The predicted molar refractivity (Wildman–Crippen MR) is 116 cm³/mol. The minimum Gasteiger partial charge on any atom is -0.395 e. The summed E-state index contributed by atoms with van der Waals surface area (Å²) >= 11 is 0. The van der Waals surface area contributed by atoms with Crippen molar-refractivity contribution in [3.8, 4) is 0 Å². The van der Waals surface area contributed by atoms with Crippen LogP contribution in [0.2, 0.25) is 0 Å². The van der Waals surface area contributed by atoms with Crippen LogP contribution in [0.1, 0.15) is 71.1 Å². The third kappa shape index (κ3) is 7.34. The summed E-state index contributed by atoms with van der Waals surface area (Å²) in [6.07, 6.45) is 7.34. The van der Waals surface area contributed by atoms with Gasteiger partial charge in [0.25, 0.3) is 0 Å². The van der Waals surface area contributed by atoms with Gasteiger partial charge in [0, 0.05) is 25.7 Å². The highest BCUT2D eigenvalue weighted by Gasteiger charge is 2.40. The quantitative estimate of drug-likeness (QED) is 0.314. The van der Waals surface area contributed by atoms with E-state index in [-0.39, 0.29) is 19.2 Å². The van der Waals surface area contributed by atoms with E-state index in [1.807, 2.05) is 4.90 Å². The summed E-state index contributed by atoms with van der Waals surface area (Å²) in [5.74, 6) is 0. The van der Waals surface area contributed by atoms with E-state index in [1.54, 1.807) is 0 Å². The molecule has 8 heteroatoms. The molecular weight excluding hydrogens is 386 g/mol. The average molecular weight is 430 g/mol. The second kappa shape index (κ2) is 13.5. The number of hydrogen-bond donors (Lipinski definition) is 5. The zero-order valence-corrected chi connectivity index (χ0v) is 18.6. The number of carbonyl (C=O) groups excluding carboxylic acids is 1. The Bertz CT molecular complexity index is 489. The minimum absolute atomic E-state index is 0.0735. The molecule has 2 aliphatic rings. The highest BCUT2D eigenvalue weighted by atomic mass is 16.4. The number of urea groups is 1. The number of aliphatic hydroxyl groups is 4. The summed E-state index contributed by atoms with van der Waals surface area (Å²) in [6.45, 7) is 4.25. The van der Waals surface area contributed by atoms with Crippen LogP contribution in [-0.2, 0) is 0 Å². The first-order chi connectivity index (χ1) is 14.5. The van der Waals surface area contributed by atoms with Crippen molar-refractivity contribution in [2.24, 2.45) is 0 Å². The van der Waals surface area contributed by atoms with Gasteiger partial charge in [-0.3, -0.25) is 4.90 Å². The zero-order valence-electron chi connectivity index (χ0n) is 18.6. The smallest absolute Gasteiger partial charge is 0.317 e. The van der Waals surface area contributed by atoms with Gasteiger partial charge in [0.1, 0.15) is 12.2 Å². The van der Waals surface area contributed by atoms with Crippen molar-refractivity contribution in [1.29, 1.82) is 0 Å². The summed E-state index contributed by atoms with van der Waals surface area (Å²) in [4.78, 5) is 16.5. The predicted octanol–water partition coefficient (Wildman–Crippen LogP) is 1.06. The number of aliphatic hydroxyl groups excluding tert-OH is 4. The van der Waals surface area contributed by atoms with Crippen molar-refractivity contribution in [2.75, 3.05) is 32.8 Å². The Morgan fingerprint density at radius 1 is 1.03 bits per heavy atom. The van der Waals surface area contributed by atoms with Crippen molar-refractivity contribution in [1.82, 2.24) is 15.1 Å². The molecule has 5 N–H and O–H groups in total. The first-order valence-corrected chi connectivity index (χ1v) is 11.9. The lowest BCUT2D eigenvalue weighted by Crippen LogP contribution is -2.62. The first kappa shape index (κ1) is 25.3. The number of nitrogens with one attached hydrogen (secondary N) is 1. The molecule has 0 aromatic carbocycles. The third-order valence-corrected chi connectivity index (χ3v) is 6.61. The number of hydrogen-bond acceptors (Lipinski definition) is 6. The summed E-state index contributed by atoms with van der Waals surface area (Å²) in [5.41, 5.74) is 0. The number of piperidine rings is 1. The Morgan fingerprint density at radius 3 is 2.40 bits per heavy atom. The van der Waals surface area contributed by atoms with E-state index in [2.05, 4.69) is 17.1 Å². The molecule has 0 aromatic rings. The van der Waals surface area contributed by atoms with Crippen LogP contribution in [-0.4, -0.2) is 99.4 Å². The maximum Gasteiger partial charge on any atom is 0.317 e. The van der Waals surface area contributed by atoms with Crippen LogP contribution in [0.25, 0.3) is 0 Å². The van der Waals surface area contributed by atoms with Gasteiger partial charge in [-0.15, -0.1) is 0 Å². The molecule has 1 heterocycles. The zero-order chi connectivity index (χ0) is 21.9. The molecular formula is C22H43N3O5. The molecule has 2 rings (SSSR count). The van der Waals surface area contributed by atoms with Crippen molar-refractivity contribution < 1.29 is 25.2 Å². The molecule has 0 bridgehead atoms. The highest BCUT2D eigenvalue weighted by Crippen LogP contribution is 2.23. The van der Waals surface area contributed by atoms with Gasteiger partial charge in [-0.1, -0.05) is 39.0 Å². The van der Waals surface area contributed by atoms with Crippen molar-refractivity contribution >= 4 is 6.03 Å². The van der Waals surface area contributed by atoms with E-state index in [0.29, 0.717) is 12.6 Å². The summed E-state index contributed by atoms with van der Waals surface area (Å²) in [5, 5.41) is 42.3. The van der Waals surface area contributed by atoms with Crippen LogP contribution < -0.4 is 5.32 Å². The summed E-state index contributed by atoms with van der Waals surface area (Å²) in [6, 6.07) is -0.0967. The maximum absolute atomic E-state index is 12.6. The highest BCUT2D eigenvalue weighted by molar-refractivity contribution is 5.74. The molecule has 2 fully saturated rings. The van der Waals surface area contributed by atoms with Crippen LogP contribution >= 0.6 is 0 Å². The van der Waals surface area contributed by atoms with Gasteiger partial charge in [-0.05, 0) is 38.6 Å². The Balaban J connectivity index is 1.71. The molecule has 0 unspecified atom stereocenters. The van der Waals surface area contributed by atoms with E-state index < -0.39 is 24.4 Å². The fourth-order valence-electron chi connectivity index (χ4n) is 4.76.